The average molecular weight is 383 g/mol. The van der Waals surface area contributed by atoms with Crippen molar-refractivity contribution in [1.82, 2.24) is 4.98 Å². The van der Waals surface area contributed by atoms with Crippen molar-refractivity contribution >= 4 is 23.1 Å². The third-order valence-corrected chi connectivity index (χ3v) is 4.02. The van der Waals surface area contributed by atoms with Gasteiger partial charge in [0.05, 0.1) is 5.56 Å². The minimum absolute atomic E-state index is 0.339. The summed E-state index contributed by atoms with van der Waals surface area (Å²) in [5.41, 5.74) is 1.25. The Hall–Kier alpha value is -3.68. The highest BCUT2D eigenvalue weighted by Crippen LogP contribution is 2.32. The SMILES string of the molecule is O=C(Nc1ccc2c(c1)OCCO2)c1ccc(Nc2ccc(F)c(F)c2)nc1. The van der Waals surface area contributed by atoms with Crippen molar-refractivity contribution in [3.8, 4) is 11.5 Å². The number of aromatic nitrogens is 1. The number of benzene rings is 2. The van der Waals surface area contributed by atoms with Gasteiger partial charge in [0.15, 0.2) is 23.1 Å². The molecule has 0 saturated carbocycles. The number of pyridine rings is 1. The number of rotatable bonds is 4. The maximum absolute atomic E-state index is 13.3. The zero-order chi connectivity index (χ0) is 19.5. The quantitative estimate of drug-likeness (QED) is 0.709. The van der Waals surface area contributed by atoms with Crippen LogP contribution in [-0.4, -0.2) is 24.1 Å². The van der Waals surface area contributed by atoms with E-state index in [1.54, 1.807) is 30.3 Å². The lowest BCUT2D eigenvalue weighted by molar-refractivity contribution is 0.102. The molecule has 0 atom stereocenters. The zero-order valence-corrected chi connectivity index (χ0v) is 14.5. The van der Waals surface area contributed by atoms with Crippen LogP contribution in [-0.2, 0) is 0 Å². The molecule has 2 N–H and O–H groups in total. The van der Waals surface area contributed by atoms with Crippen LogP contribution in [0.5, 0.6) is 11.5 Å². The Morgan fingerprint density at radius 2 is 1.68 bits per heavy atom. The molecular formula is C20H15F2N3O3. The molecule has 28 heavy (non-hydrogen) atoms. The Morgan fingerprint density at radius 3 is 2.43 bits per heavy atom. The van der Waals surface area contributed by atoms with Crippen molar-refractivity contribution < 1.29 is 23.0 Å². The molecule has 6 nitrogen and oxygen atoms in total. The first-order chi connectivity index (χ1) is 13.6. The Kier molecular flexibility index (Phi) is 4.76. The molecule has 0 unspecified atom stereocenters. The van der Waals surface area contributed by atoms with E-state index in [4.69, 9.17) is 9.47 Å². The molecule has 3 aromatic rings. The summed E-state index contributed by atoms with van der Waals surface area (Å²) in [5.74, 6) is -0.623. The van der Waals surface area contributed by atoms with Gasteiger partial charge in [0.1, 0.15) is 19.0 Å². The molecule has 2 heterocycles. The number of fused-ring (bicyclic) bond motifs is 1. The summed E-state index contributed by atoms with van der Waals surface area (Å²) in [6.45, 7) is 0.954. The van der Waals surface area contributed by atoms with Gasteiger partial charge in [0.25, 0.3) is 5.91 Å². The highest BCUT2D eigenvalue weighted by atomic mass is 19.2. The molecule has 0 saturated heterocycles. The molecule has 1 aliphatic rings. The van der Waals surface area contributed by atoms with Crippen LogP contribution in [0.25, 0.3) is 0 Å². The zero-order valence-electron chi connectivity index (χ0n) is 14.5. The molecule has 0 aliphatic carbocycles. The van der Waals surface area contributed by atoms with E-state index in [9.17, 15) is 13.6 Å². The first kappa shape index (κ1) is 17.7. The first-order valence-electron chi connectivity index (χ1n) is 8.47. The topological polar surface area (TPSA) is 72.5 Å². The van der Waals surface area contributed by atoms with Gasteiger partial charge in [-0.15, -0.1) is 0 Å². The average Bonchev–Trinajstić information content (AvgIpc) is 2.71. The molecule has 4 rings (SSSR count). The Labute approximate surface area is 159 Å². The standard InChI is InChI=1S/C20H15F2N3O3/c21-15-4-2-13(9-16(15)22)24-19-6-1-12(11-23-19)20(26)25-14-3-5-17-18(10-14)28-8-7-27-17/h1-6,9-11H,7-8H2,(H,23,24)(H,25,26). The second kappa shape index (κ2) is 7.51. The summed E-state index contributed by atoms with van der Waals surface area (Å²) >= 11 is 0. The summed E-state index contributed by atoms with van der Waals surface area (Å²) < 4.78 is 37.2. The van der Waals surface area contributed by atoms with Gasteiger partial charge >= 0.3 is 0 Å². The molecule has 1 aliphatic heterocycles. The lowest BCUT2D eigenvalue weighted by Gasteiger charge is -2.19. The van der Waals surface area contributed by atoms with E-state index in [-0.39, 0.29) is 5.91 Å². The molecular weight excluding hydrogens is 368 g/mol. The molecule has 8 heteroatoms. The van der Waals surface area contributed by atoms with Crippen LogP contribution in [0.3, 0.4) is 0 Å². The number of carbonyl (C=O) groups excluding carboxylic acids is 1. The van der Waals surface area contributed by atoms with Crippen LogP contribution < -0.4 is 20.1 Å². The molecule has 1 aromatic heterocycles. The minimum Gasteiger partial charge on any atom is -0.486 e. The van der Waals surface area contributed by atoms with Crippen molar-refractivity contribution in [1.29, 1.82) is 0 Å². The van der Waals surface area contributed by atoms with Crippen LogP contribution in [0, 0.1) is 11.6 Å². The molecule has 0 bridgehead atoms. The second-order valence-electron chi connectivity index (χ2n) is 6.00. The predicted molar refractivity (Wildman–Crippen MR) is 99.3 cm³/mol. The Morgan fingerprint density at radius 1 is 0.893 bits per heavy atom. The monoisotopic (exact) mass is 383 g/mol. The Balaban J connectivity index is 1.43. The van der Waals surface area contributed by atoms with E-state index in [0.717, 1.165) is 12.1 Å². The van der Waals surface area contributed by atoms with Crippen LogP contribution in [0.15, 0.2) is 54.7 Å². The van der Waals surface area contributed by atoms with Gasteiger partial charge in [0, 0.05) is 29.7 Å². The number of nitrogens with one attached hydrogen (secondary N) is 2. The number of amides is 1. The van der Waals surface area contributed by atoms with E-state index < -0.39 is 11.6 Å². The summed E-state index contributed by atoms with van der Waals surface area (Å²) in [7, 11) is 0. The number of ether oxygens (including phenoxy) is 2. The van der Waals surface area contributed by atoms with Crippen LogP contribution in [0.4, 0.5) is 26.0 Å². The molecule has 142 valence electrons. The molecule has 0 radical (unpaired) electrons. The lowest BCUT2D eigenvalue weighted by atomic mass is 10.2. The molecule has 0 fully saturated rings. The molecule has 0 spiro atoms. The lowest BCUT2D eigenvalue weighted by Crippen LogP contribution is -2.16. The van der Waals surface area contributed by atoms with Gasteiger partial charge in [0.2, 0.25) is 0 Å². The number of hydrogen-bond acceptors (Lipinski definition) is 5. The van der Waals surface area contributed by atoms with Crippen molar-refractivity contribution in [3.63, 3.8) is 0 Å². The smallest absolute Gasteiger partial charge is 0.257 e. The Bertz CT molecular complexity index is 1030. The van der Waals surface area contributed by atoms with Gasteiger partial charge in [-0.1, -0.05) is 0 Å². The fraction of sp³-hybridized carbons (Fsp3) is 0.100. The third kappa shape index (κ3) is 3.85. The van der Waals surface area contributed by atoms with Gasteiger partial charge in [-0.25, -0.2) is 13.8 Å². The van der Waals surface area contributed by atoms with Crippen molar-refractivity contribution in [2.75, 3.05) is 23.8 Å². The largest absolute Gasteiger partial charge is 0.486 e. The maximum Gasteiger partial charge on any atom is 0.257 e. The highest BCUT2D eigenvalue weighted by molar-refractivity contribution is 6.04. The van der Waals surface area contributed by atoms with Gasteiger partial charge in [-0.2, -0.15) is 0 Å². The van der Waals surface area contributed by atoms with Gasteiger partial charge < -0.3 is 20.1 Å². The van der Waals surface area contributed by atoms with E-state index in [1.807, 2.05) is 0 Å². The fourth-order valence-electron chi connectivity index (χ4n) is 2.65. The van der Waals surface area contributed by atoms with E-state index in [1.165, 1.54) is 12.3 Å². The van der Waals surface area contributed by atoms with Crippen LogP contribution in [0.1, 0.15) is 10.4 Å². The van der Waals surface area contributed by atoms with Crippen molar-refractivity contribution in [2.24, 2.45) is 0 Å². The number of hydrogen-bond donors (Lipinski definition) is 2. The number of carbonyl (C=O) groups is 1. The maximum atomic E-state index is 13.3. The van der Waals surface area contributed by atoms with Crippen molar-refractivity contribution in [2.45, 2.75) is 0 Å². The normalized spacial score (nSPS) is 12.4. The molecule has 1 amide bonds. The first-order valence-corrected chi connectivity index (χ1v) is 8.47. The second-order valence-corrected chi connectivity index (χ2v) is 6.00. The third-order valence-electron chi connectivity index (χ3n) is 4.02. The number of nitrogens with zero attached hydrogens (tertiary/aromatic N) is 1. The number of anilines is 3. The van der Waals surface area contributed by atoms with E-state index in [2.05, 4.69) is 15.6 Å². The number of halogens is 2. The highest BCUT2D eigenvalue weighted by Gasteiger charge is 2.14. The van der Waals surface area contributed by atoms with E-state index in [0.29, 0.717) is 47.5 Å². The summed E-state index contributed by atoms with van der Waals surface area (Å²) in [5, 5.41) is 5.61. The minimum atomic E-state index is -0.958. The van der Waals surface area contributed by atoms with Gasteiger partial charge in [-0.3, -0.25) is 4.79 Å². The van der Waals surface area contributed by atoms with E-state index >= 15 is 0 Å². The van der Waals surface area contributed by atoms with Crippen LogP contribution in [0.2, 0.25) is 0 Å². The van der Waals surface area contributed by atoms with Crippen molar-refractivity contribution in [3.05, 3.63) is 71.9 Å². The fourth-order valence-corrected chi connectivity index (χ4v) is 2.65. The summed E-state index contributed by atoms with van der Waals surface area (Å²) in [4.78, 5) is 16.5. The van der Waals surface area contributed by atoms with Crippen LogP contribution >= 0.6 is 0 Å². The summed E-state index contributed by atoms with van der Waals surface area (Å²) in [6, 6.07) is 11.7. The molecule has 2 aromatic carbocycles. The van der Waals surface area contributed by atoms with Gasteiger partial charge in [-0.05, 0) is 36.4 Å². The summed E-state index contributed by atoms with van der Waals surface area (Å²) in [6.07, 6.45) is 1.38. The predicted octanol–water partition coefficient (Wildman–Crippen LogP) is 4.13.